The molecule has 3 nitrogen and oxygen atoms in total. The summed E-state index contributed by atoms with van der Waals surface area (Å²) in [7, 11) is 0. The predicted octanol–water partition coefficient (Wildman–Crippen LogP) is 2.70. The van der Waals surface area contributed by atoms with Gasteiger partial charge < -0.3 is 9.64 Å². The van der Waals surface area contributed by atoms with Gasteiger partial charge in [0, 0.05) is 19.0 Å². The average molecular weight is 241 g/mol. The van der Waals surface area contributed by atoms with E-state index in [2.05, 4.69) is 6.92 Å². The Morgan fingerprint density at radius 2 is 1.59 bits per heavy atom. The van der Waals surface area contributed by atoms with Gasteiger partial charge in [-0.25, -0.2) is 0 Å². The Balaban J connectivity index is 0.000000686. The van der Waals surface area contributed by atoms with Crippen LogP contribution < -0.4 is 0 Å². The van der Waals surface area contributed by atoms with Crippen molar-refractivity contribution in [3.05, 3.63) is 0 Å². The molecule has 1 saturated heterocycles. The Bertz CT molecular complexity index is 216. The molecule has 0 aromatic carbocycles. The molecule has 0 unspecified atom stereocenters. The number of amides is 1. The van der Waals surface area contributed by atoms with Crippen LogP contribution in [0.15, 0.2) is 0 Å². The number of hydrogen-bond acceptors (Lipinski definition) is 2. The van der Waals surface area contributed by atoms with E-state index >= 15 is 0 Å². The minimum Gasteiger partial charge on any atom is -0.378 e. The second kappa shape index (κ2) is 7.70. The van der Waals surface area contributed by atoms with Gasteiger partial charge in [-0.05, 0) is 31.6 Å². The highest BCUT2D eigenvalue weighted by Gasteiger charge is 2.28. The first-order valence-corrected chi connectivity index (χ1v) is 7.14. The fraction of sp³-hybridized carbons (Fsp3) is 0.929. The van der Waals surface area contributed by atoms with Crippen molar-refractivity contribution < 1.29 is 9.53 Å². The van der Waals surface area contributed by atoms with Crippen LogP contribution in [0, 0.1) is 11.8 Å². The summed E-state index contributed by atoms with van der Waals surface area (Å²) in [6, 6.07) is 0. The van der Waals surface area contributed by atoms with Gasteiger partial charge in [-0.2, -0.15) is 0 Å². The molecule has 0 radical (unpaired) electrons. The molecule has 3 heteroatoms. The lowest BCUT2D eigenvalue weighted by atomic mass is 9.82. The summed E-state index contributed by atoms with van der Waals surface area (Å²) < 4.78 is 5.26. The van der Waals surface area contributed by atoms with Crippen LogP contribution in [-0.4, -0.2) is 37.1 Å². The molecule has 1 heterocycles. The molecular weight excluding hydrogens is 214 g/mol. The first-order valence-electron chi connectivity index (χ1n) is 7.14. The van der Waals surface area contributed by atoms with E-state index in [1.807, 2.05) is 18.7 Å². The van der Waals surface area contributed by atoms with E-state index in [0.29, 0.717) is 11.8 Å². The molecule has 1 aliphatic heterocycles. The fourth-order valence-electron chi connectivity index (χ4n) is 2.55. The molecule has 0 N–H and O–H groups in total. The molecule has 0 bridgehead atoms. The van der Waals surface area contributed by atoms with Crippen LogP contribution in [0.2, 0.25) is 0 Å². The van der Waals surface area contributed by atoms with Crippen LogP contribution >= 0.6 is 0 Å². The molecular formula is C14H27NO2. The maximum Gasteiger partial charge on any atom is 0.225 e. The van der Waals surface area contributed by atoms with Crippen LogP contribution in [0.5, 0.6) is 0 Å². The van der Waals surface area contributed by atoms with Gasteiger partial charge in [0.25, 0.3) is 0 Å². The molecule has 0 aromatic heterocycles. The SMILES string of the molecule is CC.CC1CCC(C(=O)N2CCOCC2)CC1. The molecule has 2 fully saturated rings. The van der Waals surface area contributed by atoms with E-state index in [4.69, 9.17) is 4.74 Å². The zero-order valence-corrected chi connectivity index (χ0v) is 11.6. The second-order valence-corrected chi connectivity index (χ2v) is 4.89. The Kier molecular flexibility index (Phi) is 6.56. The van der Waals surface area contributed by atoms with Crippen LogP contribution in [0.1, 0.15) is 46.5 Å². The second-order valence-electron chi connectivity index (χ2n) is 4.89. The lowest BCUT2D eigenvalue weighted by Crippen LogP contribution is -2.44. The number of carbonyl (C=O) groups excluding carboxylic acids is 1. The summed E-state index contributed by atoms with van der Waals surface area (Å²) in [6.07, 6.45) is 4.64. The van der Waals surface area contributed by atoms with Gasteiger partial charge >= 0.3 is 0 Å². The number of nitrogens with zero attached hydrogens (tertiary/aromatic N) is 1. The normalized spacial score (nSPS) is 29.2. The first kappa shape index (κ1) is 14.5. The van der Waals surface area contributed by atoms with E-state index in [1.54, 1.807) is 0 Å². The maximum atomic E-state index is 12.1. The van der Waals surface area contributed by atoms with Gasteiger partial charge in [0.2, 0.25) is 5.91 Å². The van der Waals surface area contributed by atoms with Crippen molar-refractivity contribution in [2.45, 2.75) is 46.5 Å². The van der Waals surface area contributed by atoms with Crippen molar-refractivity contribution in [3.8, 4) is 0 Å². The lowest BCUT2D eigenvalue weighted by molar-refractivity contribution is -0.140. The summed E-state index contributed by atoms with van der Waals surface area (Å²) in [5.74, 6) is 1.50. The molecule has 2 aliphatic rings. The number of carbonyl (C=O) groups is 1. The van der Waals surface area contributed by atoms with Gasteiger partial charge in [0.15, 0.2) is 0 Å². The topological polar surface area (TPSA) is 29.5 Å². The third-order valence-electron chi connectivity index (χ3n) is 3.69. The van der Waals surface area contributed by atoms with E-state index < -0.39 is 0 Å². The lowest BCUT2D eigenvalue weighted by Gasteiger charge is -2.33. The summed E-state index contributed by atoms with van der Waals surface area (Å²) in [5.41, 5.74) is 0. The Labute approximate surface area is 106 Å². The van der Waals surface area contributed by atoms with Gasteiger partial charge in [0.1, 0.15) is 0 Å². The maximum absolute atomic E-state index is 12.1. The van der Waals surface area contributed by atoms with Gasteiger partial charge in [-0.3, -0.25) is 4.79 Å². The highest BCUT2D eigenvalue weighted by molar-refractivity contribution is 5.79. The van der Waals surface area contributed by atoms with Gasteiger partial charge in [-0.15, -0.1) is 0 Å². The number of morpholine rings is 1. The van der Waals surface area contributed by atoms with Gasteiger partial charge in [0.05, 0.1) is 13.2 Å². The minimum absolute atomic E-state index is 0.305. The van der Waals surface area contributed by atoms with Crippen LogP contribution in [0.25, 0.3) is 0 Å². The highest BCUT2D eigenvalue weighted by atomic mass is 16.5. The number of hydrogen-bond donors (Lipinski definition) is 0. The Hall–Kier alpha value is -0.570. The van der Waals surface area contributed by atoms with Crippen LogP contribution in [0.4, 0.5) is 0 Å². The average Bonchev–Trinajstić information content (AvgIpc) is 2.42. The summed E-state index contributed by atoms with van der Waals surface area (Å²) >= 11 is 0. The molecule has 1 aliphatic carbocycles. The largest absolute Gasteiger partial charge is 0.378 e. The Morgan fingerprint density at radius 1 is 1.06 bits per heavy atom. The van der Waals surface area contributed by atoms with Crippen LogP contribution in [0.3, 0.4) is 0 Å². The number of rotatable bonds is 1. The summed E-state index contributed by atoms with van der Waals surface area (Å²) in [5, 5.41) is 0. The van der Waals surface area contributed by atoms with Gasteiger partial charge in [-0.1, -0.05) is 20.8 Å². The third kappa shape index (κ3) is 4.30. The van der Waals surface area contributed by atoms with E-state index in [-0.39, 0.29) is 0 Å². The predicted molar refractivity (Wildman–Crippen MR) is 69.9 cm³/mol. The minimum atomic E-state index is 0.305. The molecule has 0 spiro atoms. The molecule has 2 rings (SSSR count). The van der Waals surface area contributed by atoms with Crippen molar-refractivity contribution >= 4 is 5.91 Å². The monoisotopic (exact) mass is 241 g/mol. The summed E-state index contributed by atoms with van der Waals surface area (Å²) in [4.78, 5) is 14.1. The van der Waals surface area contributed by atoms with E-state index in [1.165, 1.54) is 12.8 Å². The molecule has 0 atom stereocenters. The molecule has 1 amide bonds. The molecule has 0 aromatic rings. The zero-order chi connectivity index (χ0) is 12.7. The Morgan fingerprint density at radius 3 is 2.12 bits per heavy atom. The third-order valence-corrected chi connectivity index (χ3v) is 3.69. The van der Waals surface area contributed by atoms with Crippen molar-refractivity contribution in [1.29, 1.82) is 0 Å². The van der Waals surface area contributed by atoms with E-state index in [0.717, 1.165) is 45.1 Å². The van der Waals surface area contributed by atoms with Crippen LogP contribution in [-0.2, 0) is 9.53 Å². The zero-order valence-electron chi connectivity index (χ0n) is 11.6. The van der Waals surface area contributed by atoms with Crippen molar-refractivity contribution in [2.75, 3.05) is 26.3 Å². The molecule has 17 heavy (non-hydrogen) atoms. The van der Waals surface area contributed by atoms with Crippen molar-refractivity contribution in [2.24, 2.45) is 11.8 Å². The highest BCUT2D eigenvalue weighted by Crippen LogP contribution is 2.29. The van der Waals surface area contributed by atoms with E-state index in [9.17, 15) is 4.79 Å². The van der Waals surface area contributed by atoms with Crippen molar-refractivity contribution in [3.63, 3.8) is 0 Å². The molecule has 1 saturated carbocycles. The van der Waals surface area contributed by atoms with Crippen molar-refractivity contribution in [1.82, 2.24) is 4.90 Å². The standard InChI is InChI=1S/C12H21NO2.C2H6/c1-10-2-4-11(5-3-10)12(14)13-6-8-15-9-7-13;1-2/h10-11H,2-9H2,1H3;1-2H3. The number of ether oxygens (including phenoxy) is 1. The smallest absolute Gasteiger partial charge is 0.225 e. The fourth-order valence-corrected chi connectivity index (χ4v) is 2.55. The summed E-state index contributed by atoms with van der Waals surface area (Å²) in [6.45, 7) is 9.31. The quantitative estimate of drug-likeness (QED) is 0.706. The molecule has 100 valence electrons. The first-order chi connectivity index (χ1) is 8.27.